The van der Waals surface area contributed by atoms with Crippen molar-refractivity contribution in [2.45, 2.75) is 33.1 Å². The SMILES string of the molecule is CC(C)CCC(=O)c1ccc2c(c1)NCC2. The van der Waals surface area contributed by atoms with Gasteiger partial charge in [-0.1, -0.05) is 26.0 Å². The van der Waals surface area contributed by atoms with Crippen molar-refractivity contribution in [2.24, 2.45) is 5.92 Å². The van der Waals surface area contributed by atoms with Crippen LogP contribution < -0.4 is 5.32 Å². The van der Waals surface area contributed by atoms with E-state index in [0.29, 0.717) is 12.3 Å². The Balaban J connectivity index is 2.06. The van der Waals surface area contributed by atoms with Gasteiger partial charge in [0.15, 0.2) is 5.78 Å². The number of anilines is 1. The van der Waals surface area contributed by atoms with E-state index in [4.69, 9.17) is 0 Å². The first kappa shape index (κ1) is 11.2. The summed E-state index contributed by atoms with van der Waals surface area (Å²) in [5.41, 5.74) is 3.34. The second kappa shape index (κ2) is 4.69. The van der Waals surface area contributed by atoms with Gasteiger partial charge in [-0.3, -0.25) is 4.79 Å². The molecule has 0 saturated carbocycles. The molecule has 0 radical (unpaired) electrons. The molecule has 0 spiro atoms. The molecule has 1 aromatic carbocycles. The van der Waals surface area contributed by atoms with E-state index < -0.39 is 0 Å². The minimum atomic E-state index is 0.269. The first-order valence-electron chi connectivity index (χ1n) is 6.07. The zero-order valence-corrected chi connectivity index (χ0v) is 10.0. The van der Waals surface area contributed by atoms with E-state index in [1.807, 2.05) is 12.1 Å². The minimum Gasteiger partial charge on any atom is -0.384 e. The monoisotopic (exact) mass is 217 g/mol. The highest BCUT2D eigenvalue weighted by Gasteiger charge is 2.13. The van der Waals surface area contributed by atoms with Gasteiger partial charge in [0.25, 0.3) is 0 Å². The number of benzene rings is 1. The summed E-state index contributed by atoms with van der Waals surface area (Å²) in [6, 6.07) is 6.05. The lowest BCUT2D eigenvalue weighted by Gasteiger charge is -2.06. The zero-order valence-electron chi connectivity index (χ0n) is 10.0. The van der Waals surface area contributed by atoms with Crippen molar-refractivity contribution >= 4 is 11.5 Å². The van der Waals surface area contributed by atoms with E-state index in [-0.39, 0.29) is 5.78 Å². The Morgan fingerprint density at radius 1 is 1.44 bits per heavy atom. The topological polar surface area (TPSA) is 29.1 Å². The maximum atomic E-state index is 11.9. The van der Waals surface area contributed by atoms with Gasteiger partial charge >= 0.3 is 0 Å². The van der Waals surface area contributed by atoms with Crippen molar-refractivity contribution in [3.8, 4) is 0 Å². The predicted octanol–water partition coefficient (Wildman–Crippen LogP) is 3.27. The highest BCUT2D eigenvalue weighted by molar-refractivity contribution is 5.97. The average molecular weight is 217 g/mol. The summed E-state index contributed by atoms with van der Waals surface area (Å²) < 4.78 is 0. The molecule has 2 nitrogen and oxygen atoms in total. The summed E-state index contributed by atoms with van der Waals surface area (Å²) in [7, 11) is 0. The number of rotatable bonds is 4. The van der Waals surface area contributed by atoms with Crippen LogP contribution in [-0.4, -0.2) is 12.3 Å². The molecule has 86 valence electrons. The van der Waals surface area contributed by atoms with Crippen LogP contribution in [0.1, 0.15) is 42.6 Å². The second-order valence-electron chi connectivity index (χ2n) is 4.90. The average Bonchev–Trinajstić information content (AvgIpc) is 2.72. The van der Waals surface area contributed by atoms with E-state index in [1.165, 1.54) is 5.56 Å². The highest BCUT2D eigenvalue weighted by Crippen LogP contribution is 2.24. The number of fused-ring (bicyclic) bond motifs is 1. The molecule has 0 saturated heterocycles. The summed E-state index contributed by atoms with van der Waals surface area (Å²) >= 11 is 0. The maximum absolute atomic E-state index is 11.9. The third-order valence-corrected chi connectivity index (χ3v) is 3.09. The lowest BCUT2D eigenvalue weighted by molar-refractivity contribution is 0.0975. The molecule has 0 aromatic heterocycles. The Labute approximate surface area is 97.1 Å². The van der Waals surface area contributed by atoms with Crippen LogP contribution in [0.2, 0.25) is 0 Å². The molecule has 0 fully saturated rings. The summed E-state index contributed by atoms with van der Waals surface area (Å²) in [6.07, 6.45) is 2.72. The Kier molecular flexibility index (Phi) is 3.28. The zero-order chi connectivity index (χ0) is 11.5. The standard InChI is InChI=1S/C14H19NO/c1-10(2)3-6-14(16)12-5-4-11-7-8-15-13(11)9-12/h4-5,9-10,15H,3,6-8H2,1-2H3. The van der Waals surface area contributed by atoms with Crippen LogP contribution in [0.25, 0.3) is 0 Å². The van der Waals surface area contributed by atoms with Crippen LogP contribution >= 0.6 is 0 Å². The Morgan fingerprint density at radius 2 is 2.25 bits per heavy atom. The Hall–Kier alpha value is -1.31. The van der Waals surface area contributed by atoms with E-state index in [1.54, 1.807) is 0 Å². The van der Waals surface area contributed by atoms with E-state index in [2.05, 4.69) is 25.2 Å². The van der Waals surface area contributed by atoms with Gasteiger partial charge in [-0.2, -0.15) is 0 Å². The normalized spacial score (nSPS) is 13.7. The van der Waals surface area contributed by atoms with E-state index in [9.17, 15) is 4.79 Å². The molecule has 1 aromatic rings. The maximum Gasteiger partial charge on any atom is 0.162 e. The molecule has 1 aliphatic rings. The van der Waals surface area contributed by atoms with Gasteiger partial charge in [-0.05, 0) is 30.4 Å². The molecule has 2 heteroatoms. The molecule has 0 unspecified atom stereocenters. The number of carbonyl (C=O) groups is 1. The van der Waals surface area contributed by atoms with Gasteiger partial charge in [0, 0.05) is 24.2 Å². The number of carbonyl (C=O) groups excluding carboxylic acids is 1. The number of hydrogen-bond acceptors (Lipinski definition) is 2. The van der Waals surface area contributed by atoms with Crippen molar-refractivity contribution in [1.29, 1.82) is 0 Å². The Bertz CT molecular complexity index is 396. The van der Waals surface area contributed by atoms with Crippen LogP contribution in [0.5, 0.6) is 0 Å². The number of hydrogen-bond donors (Lipinski definition) is 1. The van der Waals surface area contributed by atoms with E-state index in [0.717, 1.165) is 30.6 Å². The van der Waals surface area contributed by atoms with Crippen LogP contribution in [-0.2, 0) is 6.42 Å². The molecule has 0 atom stereocenters. The predicted molar refractivity (Wildman–Crippen MR) is 67.0 cm³/mol. The molecular weight excluding hydrogens is 198 g/mol. The minimum absolute atomic E-state index is 0.269. The molecule has 0 amide bonds. The van der Waals surface area contributed by atoms with Gasteiger partial charge in [0.1, 0.15) is 0 Å². The largest absolute Gasteiger partial charge is 0.384 e. The summed E-state index contributed by atoms with van der Waals surface area (Å²) in [4.78, 5) is 11.9. The third kappa shape index (κ3) is 2.43. The molecular formula is C14H19NO. The first-order chi connectivity index (χ1) is 7.66. The van der Waals surface area contributed by atoms with Gasteiger partial charge in [0.2, 0.25) is 0 Å². The quantitative estimate of drug-likeness (QED) is 0.784. The highest BCUT2D eigenvalue weighted by atomic mass is 16.1. The summed E-state index contributed by atoms with van der Waals surface area (Å²) in [5, 5.41) is 3.31. The molecule has 2 rings (SSSR count). The number of ketones is 1. The van der Waals surface area contributed by atoms with Crippen LogP contribution in [0.15, 0.2) is 18.2 Å². The molecule has 1 N–H and O–H groups in total. The fourth-order valence-electron chi connectivity index (χ4n) is 2.03. The van der Waals surface area contributed by atoms with Gasteiger partial charge in [0.05, 0.1) is 0 Å². The van der Waals surface area contributed by atoms with Crippen molar-refractivity contribution in [1.82, 2.24) is 0 Å². The molecule has 1 aliphatic heterocycles. The lowest BCUT2D eigenvalue weighted by Crippen LogP contribution is -2.02. The lowest BCUT2D eigenvalue weighted by atomic mass is 10.00. The van der Waals surface area contributed by atoms with Crippen molar-refractivity contribution in [2.75, 3.05) is 11.9 Å². The molecule has 1 heterocycles. The van der Waals surface area contributed by atoms with Gasteiger partial charge in [-0.15, -0.1) is 0 Å². The fourth-order valence-corrected chi connectivity index (χ4v) is 2.03. The summed E-state index contributed by atoms with van der Waals surface area (Å²) in [5.74, 6) is 0.863. The van der Waals surface area contributed by atoms with E-state index >= 15 is 0 Å². The van der Waals surface area contributed by atoms with Crippen molar-refractivity contribution in [3.05, 3.63) is 29.3 Å². The Morgan fingerprint density at radius 3 is 3.00 bits per heavy atom. The van der Waals surface area contributed by atoms with Crippen molar-refractivity contribution in [3.63, 3.8) is 0 Å². The molecule has 0 aliphatic carbocycles. The van der Waals surface area contributed by atoms with Gasteiger partial charge in [-0.25, -0.2) is 0 Å². The first-order valence-corrected chi connectivity index (χ1v) is 6.07. The smallest absolute Gasteiger partial charge is 0.162 e. The molecule has 0 bridgehead atoms. The number of nitrogens with one attached hydrogen (secondary N) is 1. The van der Waals surface area contributed by atoms with Crippen LogP contribution in [0, 0.1) is 5.92 Å². The second-order valence-corrected chi connectivity index (χ2v) is 4.90. The summed E-state index contributed by atoms with van der Waals surface area (Å²) in [6.45, 7) is 5.30. The third-order valence-electron chi connectivity index (χ3n) is 3.09. The number of Topliss-reactive ketones (excluding diaryl/α,β-unsaturated/α-hetero) is 1. The van der Waals surface area contributed by atoms with Crippen LogP contribution in [0.3, 0.4) is 0 Å². The van der Waals surface area contributed by atoms with Crippen molar-refractivity contribution < 1.29 is 4.79 Å². The van der Waals surface area contributed by atoms with Crippen LogP contribution in [0.4, 0.5) is 5.69 Å². The molecule has 16 heavy (non-hydrogen) atoms. The van der Waals surface area contributed by atoms with Gasteiger partial charge < -0.3 is 5.32 Å². The fraction of sp³-hybridized carbons (Fsp3) is 0.500.